The maximum absolute atomic E-state index is 12.3. The van der Waals surface area contributed by atoms with Gasteiger partial charge in [0, 0.05) is 10.5 Å². The molecule has 1 saturated heterocycles. The van der Waals surface area contributed by atoms with E-state index in [1.807, 2.05) is 39.8 Å². The van der Waals surface area contributed by atoms with Gasteiger partial charge >= 0.3 is 0 Å². The van der Waals surface area contributed by atoms with E-state index in [0.29, 0.717) is 5.56 Å². The molecule has 1 fully saturated rings. The van der Waals surface area contributed by atoms with Gasteiger partial charge in [0.1, 0.15) is 0 Å². The summed E-state index contributed by atoms with van der Waals surface area (Å²) in [6.45, 7) is 7.72. The summed E-state index contributed by atoms with van der Waals surface area (Å²) in [7, 11) is 0. The van der Waals surface area contributed by atoms with Crippen LogP contribution in [0.25, 0.3) is 0 Å². The third kappa shape index (κ3) is 1.55. The lowest BCUT2D eigenvalue weighted by Gasteiger charge is -2.61. The van der Waals surface area contributed by atoms with Crippen LogP contribution < -0.4 is 0 Å². The molecule has 1 unspecified atom stereocenters. The van der Waals surface area contributed by atoms with Crippen LogP contribution in [0.1, 0.15) is 33.3 Å². The Morgan fingerprint density at radius 2 is 1.72 bits per heavy atom. The highest BCUT2D eigenvalue weighted by atomic mass is 79.9. The fraction of sp³-hybridized carbons (Fsp3) is 0.500. The Morgan fingerprint density at radius 3 is 2.11 bits per heavy atom. The number of carbonyl (C=O) groups is 1. The van der Waals surface area contributed by atoms with Crippen molar-refractivity contribution in [3.05, 3.63) is 34.3 Å². The number of carbonyl (C=O) groups excluding carboxylic acids is 1. The summed E-state index contributed by atoms with van der Waals surface area (Å²) in [5.74, 6) is -0.218. The van der Waals surface area contributed by atoms with Crippen LogP contribution in [0.4, 0.5) is 0 Å². The van der Waals surface area contributed by atoms with E-state index in [2.05, 4.69) is 15.9 Å². The molecule has 18 heavy (non-hydrogen) atoms. The molecule has 1 aliphatic rings. The second-order valence-corrected chi connectivity index (χ2v) is 6.46. The van der Waals surface area contributed by atoms with E-state index in [1.54, 1.807) is 17.0 Å². The van der Waals surface area contributed by atoms with E-state index < -0.39 is 11.1 Å². The summed E-state index contributed by atoms with van der Waals surface area (Å²) in [5, 5.41) is 10.8. The summed E-state index contributed by atoms with van der Waals surface area (Å²) in [4.78, 5) is 14.0. The smallest absolute Gasteiger partial charge is 0.262 e. The summed E-state index contributed by atoms with van der Waals surface area (Å²) >= 11 is 3.35. The van der Waals surface area contributed by atoms with Crippen molar-refractivity contribution in [2.24, 2.45) is 0 Å². The van der Waals surface area contributed by atoms with E-state index in [9.17, 15) is 9.90 Å². The number of rotatable bonds is 2. The molecule has 1 aromatic rings. The molecule has 0 aromatic heterocycles. The fourth-order valence-electron chi connectivity index (χ4n) is 2.86. The van der Waals surface area contributed by atoms with E-state index in [-0.39, 0.29) is 11.9 Å². The van der Waals surface area contributed by atoms with Gasteiger partial charge in [-0.2, -0.15) is 0 Å². The van der Waals surface area contributed by atoms with Gasteiger partial charge in [-0.05, 0) is 45.4 Å². The average molecular weight is 312 g/mol. The van der Waals surface area contributed by atoms with Crippen LogP contribution >= 0.6 is 15.9 Å². The highest BCUT2D eigenvalue weighted by molar-refractivity contribution is 9.10. The molecule has 1 aromatic carbocycles. The minimum atomic E-state index is -1.42. The van der Waals surface area contributed by atoms with Crippen molar-refractivity contribution in [3.63, 3.8) is 0 Å². The van der Waals surface area contributed by atoms with Gasteiger partial charge in [0.2, 0.25) is 0 Å². The van der Waals surface area contributed by atoms with Crippen LogP contribution in [0.2, 0.25) is 0 Å². The van der Waals surface area contributed by atoms with Gasteiger partial charge in [-0.1, -0.05) is 28.1 Å². The van der Waals surface area contributed by atoms with Crippen molar-refractivity contribution >= 4 is 21.8 Å². The van der Waals surface area contributed by atoms with Gasteiger partial charge in [0.05, 0.1) is 5.54 Å². The summed E-state index contributed by atoms with van der Waals surface area (Å²) < 4.78 is 0.931. The number of benzene rings is 1. The van der Waals surface area contributed by atoms with Crippen molar-refractivity contribution in [2.45, 2.75) is 44.9 Å². The van der Waals surface area contributed by atoms with Crippen LogP contribution in [0.15, 0.2) is 28.7 Å². The number of likely N-dealkylation sites (tertiary alicyclic amines) is 1. The normalized spacial score (nSPS) is 26.4. The Hall–Kier alpha value is -0.870. The van der Waals surface area contributed by atoms with Crippen LogP contribution in [0.3, 0.4) is 0 Å². The molecule has 1 amide bonds. The third-order valence-corrected chi connectivity index (χ3v) is 4.32. The van der Waals surface area contributed by atoms with Crippen LogP contribution in [0.5, 0.6) is 0 Å². The van der Waals surface area contributed by atoms with E-state index in [0.717, 1.165) is 4.47 Å². The first kappa shape index (κ1) is 13.6. The zero-order valence-electron chi connectivity index (χ0n) is 11.1. The molecular weight excluding hydrogens is 294 g/mol. The van der Waals surface area contributed by atoms with Gasteiger partial charge in [-0.25, -0.2) is 0 Å². The van der Waals surface area contributed by atoms with E-state index >= 15 is 0 Å². The lowest BCUT2D eigenvalue weighted by Crippen LogP contribution is -2.79. The second-order valence-electron chi connectivity index (χ2n) is 5.55. The number of hydrogen-bond acceptors (Lipinski definition) is 2. The predicted molar refractivity (Wildman–Crippen MR) is 74.1 cm³/mol. The van der Waals surface area contributed by atoms with Crippen LogP contribution in [0, 0.1) is 0 Å². The van der Waals surface area contributed by atoms with E-state index in [4.69, 9.17) is 0 Å². The van der Waals surface area contributed by atoms with Gasteiger partial charge in [-0.3, -0.25) is 4.79 Å². The first-order chi connectivity index (χ1) is 8.23. The minimum absolute atomic E-state index is 0.0863. The van der Waals surface area contributed by atoms with Crippen LogP contribution in [-0.4, -0.2) is 27.5 Å². The highest BCUT2D eigenvalue weighted by Crippen LogP contribution is 2.49. The lowest BCUT2D eigenvalue weighted by molar-refractivity contribution is -0.221. The largest absolute Gasteiger partial charge is 0.374 e. The Morgan fingerprint density at radius 1 is 1.22 bits per heavy atom. The summed E-state index contributed by atoms with van der Waals surface area (Å²) in [5.41, 5.74) is -1.36. The molecule has 1 aliphatic heterocycles. The van der Waals surface area contributed by atoms with Crippen LogP contribution in [-0.2, 0) is 10.4 Å². The molecule has 1 N–H and O–H groups in total. The van der Waals surface area contributed by atoms with Gasteiger partial charge in [-0.15, -0.1) is 0 Å². The molecular formula is C14H18BrNO2. The molecule has 0 saturated carbocycles. The fourth-order valence-corrected chi connectivity index (χ4v) is 3.12. The van der Waals surface area contributed by atoms with Crippen molar-refractivity contribution in [1.82, 2.24) is 4.90 Å². The third-order valence-electron chi connectivity index (χ3n) is 3.79. The summed E-state index contributed by atoms with van der Waals surface area (Å²) in [6, 6.07) is 7.36. The maximum Gasteiger partial charge on any atom is 0.262 e. The molecule has 0 bridgehead atoms. The lowest BCUT2D eigenvalue weighted by atomic mass is 9.67. The molecule has 1 atom stereocenters. The van der Waals surface area contributed by atoms with Crippen molar-refractivity contribution in [3.8, 4) is 0 Å². The number of nitrogens with zero attached hydrogens (tertiary/aromatic N) is 1. The molecule has 0 aliphatic carbocycles. The van der Waals surface area contributed by atoms with Gasteiger partial charge in [0.15, 0.2) is 5.60 Å². The Balaban J connectivity index is 2.44. The first-order valence-electron chi connectivity index (χ1n) is 6.05. The minimum Gasteiger partial charge on any atom is -0.374 e. The molecule has 98 valence electrons. The Bertz CT molecular complexity index is 481. The number of β-lactam (4-membered cyclic amide) rings is 1. The molecule has 4 heteroatoms. The van der Waals surface area contributed by atoms with Crippen molar-refractivity contribution in [1.29, 1.82) is 0 Å². The van der Waals surface area contributed by atoms with Crippen molar-refractivity contribution < 1.29 is 9.90 Å². The number of hydrogen-bond donors (Lipinski definition) is 1. The topological polar surface area (TPSA) is 40.5 Å². The number of halogens is 1. The standard InChI is InChI=1S/C14H18BrNO2/c1-9(2)16-12(17)14(18,13(16,3)4)10-5-7-11(15)8-6-10/h5-9,18H,1-4H3. The quantitative estimate of drug-likeness (QED) is 0.853. The van der Waals surface area contributed by atoms with Gasteiger partial charge in [0.25, 0.3) is 5.91 Å². The predicted octanol–water partition coefficient (Wildman–Crippen LogP) is 2.67. The number of aliphatic hydroxyl groups is 1. The maximum atomic E-state index is 12.3. The molecule has 0 spiro atoms. The van der Waals surface area contributed by atoms with Crippen molar-refractivity contribution in [2.75, 3.05) is 0 Å². The Labute approximate surface area is 116 Å². The zero-order valence-corrected chi connectivity index (χ0v) is 12.7. The number of amides is 1. The van der Waals surface area contributed by atoms with Gasteiger partial charge < -0.3 is 10.0 Å². The SMILES string of the molecule is CC(C)N1C(=O)C(O)(c2ccc(Br)cc2)C1(C)C. The Kier molecular flexibility index (Phi) is 3.06. The van der Waals surface area contributed by atoms with E-state index in [1.165, 1.54) is 0 Å². The molecule has 1 heterocycles. The molecule has 2 rings (SSSR count). The highest BCUT2D eigenvalue weighted by Gasteiger charge is 2.67. The second kappa shape index (κ2) is 4.07. The monoisotopic (exact) mass is 311 g/mol. The molecule has 3 nitrogen and oxygen atoms in total. The summed E-state index contributed by atoms with van der Waals surface area (Å²) in [6.07, 6.45) is 0. The first-order valence-corrected chi connectivity index (χ1v) is 6.84. The average Bonchev–Trinajstić information content (AvgIpc) is 2.28. The molecule has 0 radical (unpaired) electrons. The zero-order chi connectivity index (χ0) is 13.7.